The topological polar surface area (TPSA) is 96.5 Å². The van der Waals surface area contributed by atoms with Crippen LogP contribution in [-0.2, 0) is 16.0 Å². The van der Waals surface area contributed by atoms with Gasteiger partial charge < -0.3 is 15.4 Å². The molecule has 2 aromatic rings. The lowest BCUT2D eigenvalue weighted by Crippen LogP contribution is -2.22. The molecule has 0 aromatic heterocycles. The Balaban J connectivity index is 1.71. The molecule has 1 saturated heterocycles. The highest BCUT2D eigenvalue weighted by atomic mass is 16.5. The summed E-state index contributed by atoms with van der Waals surface area (Å²) in [4.78, 5) is 35.3. The average Bonchev–Trinajstić information content (AvgIpc) is 2.94. The third kappa shape index (κ3) is 3.77. The summed E-state index contributed by atoms with van der Waals surface area (Å²) >= 11 is 0. The summed E-state index contributed by atoms with van der Waals surface area (Å²) in [5.41, 5.74) is 1.92. The molecule has 2 aromatic carbocycles. The smallest absolute Gasteiger partial charge is 0.322 e. The zero-order valence-corrected chi connectivity index (χ0v) is 13.5. The molecule has 0 saturated carbocycles. The van der Waals surface area contributed by atoms with E-state index in [2.05, 4.69) is 16.0 Å². The molecule has 0 spiro atoms. The number of urea groups is 1. The van der Waals surface area contributed by atoms with Gasteiger partial charge in [-0.3, -0.25) is 14.9 Å². The van der Waals surface area contributed by atoms with Gasteiger partial charge in [0.25, 0.3) is 5.91 Å². The van der Waals surface area contributed by atoms with Gasteiger partial charge in [0.1, 0.15) is 11.8 Å². The number of carbonyl (C=O) groups is 3. The number of imide groups is 1. The van der Waals surface area contributed by atoms with E-state index >= 15 is 0 Å². The molecule has 1 atom stereocenters. The Morgan fingerprint density at radius 1 is 1.16 bits per heavy atom. The lowest BCUT2D eigenvalue weighted by atomic mass is 10.1. The molecule has 1 aliphatic heterocycles. The highest BCUT2D eigenvalue weighted by Gasteiger charge is 2.30. The van der Waals surface area contributed by atoms with Crippen molar-refractivity contribution in [3.05, 3.63) is 59.7 Å². The second kappa shape index (κ2) is 7.04. The summed E-state index contributed by atoms with van der Waals surface area (Å²) in [5.74, 6) is 0.0285. The lowest BCUT2D eigenvalue weighted by molar-refractivity contribution is -0.120. The van der Waals surface area contributed by atoms with Gasteiger partial charge in [0.05, 0.1) is 13.5 Å². The van der Waals surface area contributed by atoms with Crippen LogP contribution in [0.3, 0.4) is 0 Å². The average molecular weight is 339 g/mol. The van der Waals surface area contributed by atoms with Crippen molar-refractivity contribution in [1.82, 2.24) is 10.6 Å². The van der Waals surface area contributed by atoms with Gasteiger partial charge in [-0.15, -0.1) is 0 Å². The first-order valence-electron chi connectivity index (χ1n) is 7.70. The highest BCUT2D eigenvalue weighted by Crippen LogP contribution is 2.21. The summed E-state index contributed by atoms with van der Waals surface area (Å²) in [5, 5.41) is 7.50. The molecule has 1 aliphatic rings. The predicted molar refractivity (Wildman–Crippen MR) is 91.2 cm³/mol. The van der Waals surface area contributed by atoms with Gasteiger partial charge in [-0.2, -0.15) is 0 Å². The fourth-order valence-corrected chi connectivity index (χ4v) is 2.67. The van der Waals surface area contributed by atoms with Crippen LogP contribution >= 0.6 is 0 Å². The molecule has 0 aliphatic carbocycles. The number of methoxy groups -OCH3 is 1. The number of hydrogen-bond acceptors (Lipinski definition) is 4. The highest BCUT2D eigenvalue weighted by molar-refractivity contribution is 6.04. The normalized spacial score (nSPS) is 16.1. The Morgan fingerprint density at radius 2 is 1.96 bits per heavy atom. The molecule has 0 radical (unpaired) electrons. The number of anilines is 1. The second-order valence-electron chi connectivity index (χ2n) is 5.56. The number of nitrogens with one attached hydrogen (secondary N) is 3. The van der Waals surface area contributed by atoms with Gasteiger partial charge in [-0.1, -0.05) is 30.3 Å². The minimum atomic E-state index is -0.751. The lowest BCUT2D eigenvalue weighted by Gasteiger charge is -2.11. The van der Waals surface area contributed by atoms with Crippen molar-refractivity contribution >= 4 is 23.5 Å². The molecule has 0 bridgehead atoms. The SMILES string of the molecule is COc1ccccc1CC(=O)Nc1cccc(C2NC(=O)NC2=O)c1. The fourth-order valence-electron chi connectivity index (χ4n) is 2.67. The van der Waals surface area contributed by atoms with Crippen LogP contribution in [0.15, 0.2) is 48.5 Å². The summed E-state index contributed by atoms with van der Waals surface area (Å²) in [6, 6.07) is 12.8. The van der Waals surface area contributed by atoms with Gasteiger partial charge in [-0.25, -0.2) is 4.79 Å². The van der Waals surface area contributed by atoms with E-state index in [1.54, 1.807) is 37.4 Å². The van der Waals surface area contributed by atoms with Crippen molar-refractivity contribution in [3.8, 4) is 5.75 Å². The number of para-hydroxylation sites is 1. The van der Waals surface area contributed by atoms with Crippen LogP contribution in [-0.4, -0.2) is 25.0 Å². The van der Waals surface area contributed by atoms with Crippen molar-refractivity contribution in [2.75, 3.05) is 12.4 Å². The molecular weight excluding hydrogens is 322 g/mol. The predicted octanol–water partition coefficient (Wildman–Crippen LogP) is 1.76. The zero-order chi connectivity index (χ0) is 17.8. The Labute approximate surface area is 144 Å². The first kappa shape index (κ1) is 16.5. The van der Waals surface area contributed by atoms with Crippen molar-refractivity contribution in [3.63, 3.8) is 0 Å². The molecule has 7 heteroatoms. The summed E-state index contributed by atoms with van der Waals surface area (Å²) < 4.78 is 5.24. The zero-order valence-electron chi connectivity index (χ0n) is 13.5. The van der Waals surface area contributed by atoms with E-state index in [9.17, 15) is 14.4 Å². The van der Waals surface area contributed by atoms with Gasteiger partial charge in [0.2, 0.25) is 5.91 Å². The van der Waals surface area contributed by atoms with Crippen LogP contribution in [0.1, 0.15) is 17.2 Å². The Hall–Kier alpha value is -3.35. The minimum Gasteiger partial charge on any atom is -0.496 e. The third-order valence-electron chi connectivity index (χ3n) is 3.82. The Morgan fingerprint density at radius 3 is 2.68 bits per heavy atom. The molecular formula is C18H17N3O4. The van der Waals surface area contributed by atoms with Crippen LogP contribution in [0.2, 0.25) is 0 Å². The van der Waals surface area contributed by atoms with Crippen LogP contribution < -0.4 is 20.7 Å². The minimum absolute atomic E-state index is 0.162. The van der Waals surface area contributed by atoms with E-state index in [4.69, 9.17) is 4.74 Å². The molecule has 7 nitrogen and oxygen atoms in total. The number of ether oxygens (including phenoxy) is 1. The Bertz CT molecular complexity index is 835. The van der Waals surface area contributed by atoms with Gasteiger partial charge >= 0.3 is 6.03 Å². The molecule has 25 heavy (non-hydrogen) atoms. The van der Waals surface area contributed by atoms with Gasteiger partial charge in [0.15, 0.2) is 0 Å². The molecule has 1 fully saturated rings. The fraction of sp³-hybridized carbons (Fsp3) is 0.167. The maximum atomic E-state index is 12.3. The van der Waals surface area contributed by atoms with E-state index < -0.39 is 18.0 Å². The van der Waals surface area contributed by atoms with Crippen molar-refractivity contribution in [2.45, 2.75) is 12.5 Å². The number of hydrogen-bond donors (Lipinski definition) is 3. The maximum Gasteiger partial charge on any atom is 0.322 e. The van der Waals surface area contributed by atoms with Gasteiger partial charge in [-0.05, 0) is 23.8 Å². The molecule has 1 heterocycles. The van der Waals surface area contributed by atoms with Crippen LogP contribution in [0.25, 0.3) is 0 Å². The van der Waals surface area contributed by atoms with Crippen molar-refractivity contribution < 1.29 is 19.1 Å². The van der Waals surface area contributed by atoms with Crippen molar-refractivity contribution in [1.29, 1.82) is 0 Å². The van der Waals surface area contributed by atoms with Crippen LogP contribution in [0.5, 0.6) is 5.75 Å². The number of benzene rings is 2. The molecule has 1 unspecified atom stereocenters. The standard InChI is InChI=1S/C18H17N3O4/c1-25-14-8-3-2-5-11(14)10-15(22)19-13-7-4-6-12(9-13)16-17(23)21-18(24)20-16/h2-9,16H,10H2,1H3,(H,19,22)(H2,20,21,23,24). The molecule has 3 rings (SSSR count). The monoisotopic (exact) mass is 339 g/mol. The summed E-state index contributed by atoms with van der Waals surface area (Å²) in [7, 11) is 1.56. The maximum absolute atomic E-state index is 12.3. The van der Waals surface area contributed by atoms with E-state index in [0.29, 0.717) is 17.0 Å². The quantitative estimate of drug-likeness (QED) is 0.723. The third-order valence-corrected chi connectivity index (χ3v) is 3.82. The second-order valence-corrected chi connectivity index (χ2v) is 5.56. The van der Waals surface area contributed by atoms with Crippen LogP contribution in [0, 0.1) is 0 Å². The van der Waals surface area contributed by atoms with Crippen LogP contribution in [0.4, 0.5) is 10.5 Å². The van der Waals surface area contributed by atoms with E-state index in [1.807, 2.05) is 18.2 Å². The first-order valence-corrected chi connectivity index (χ1v) is 7.70. The Kier molecular flexibility index (Phi) is 4.65. The van der Waals surface area contributed by atoms with Gasteiger partial charge in [0, 0.05) is 11.3 Å². The van der Waals surface area contributed by atoms with E-state index in [1.165, 1.54) is 0 Å². The van der Waals surface area contributed by atoms with E-state index in [0.717, 1.165) is 5.56 Å². The van der Waals surface area contributed by atoms with E-state index in [-0.39, 0.29) is 12.3 Å². The first-order chi connectivity index (χ1) is 12.1. The number of rotatable bonds is 5. The summed E-state index contributed by atoms with van der Waals surface area (Å²) in [6.07, 6.45) is 0.162. The summed E-state index contributed by atoms with van der Waals surface area (Å²) in [6.45, 7) is 0. The van der Waals surface area contributed by atoms with Crippen molar-refractivity contribution in [2.24, 2.45) is 0 Å². The largest absolute Gasteiger partial charge is 0.496 e. The number of amides is 4. The number of carbonyl (C=O) groups excluding carboxylic acids is 3. The molecule has 128 valence electrons. The molecule has 3 N–H and O–H groups in total. The molecule has 4 amide bonds.